The van der Waals surface area contributed by atoms with Crippen LogP contribution in [0.25, 0.3) is 0 Å². The highest BCUT2D eigenvalue weighted by Crippen LogP contribution is 2.53. The molecule has 0 aliphatic heterocycles. The molecule has 0 aromatic heterocycles. The fourth-order valence-corrected chi connectivity index (χ4v) is 4.30. The van der Waals surface area contributed by atoms with Crippen LogP contribution in [0, 0.1) is 5.92 Å². The number of hydrogen-bond donors (Lipinski definition) is 1. The molecule has 3 aliphatic rings. The largest absolute Gasteiger partial charge is 0.311 e. The van der Waals surface area contributed by atoms with Gasteiger partial charge in [0.15, 0.2) is 0 Å². The van der Waals surface area contributed by atoms with E-state index in [9.17, 15) is 0 Å². The van der Waals surface area contributed by atoms with Crippen molar-refractivity contribution in [2.75, 3.05) is 6.54 Å². The zero-order valence-electron chi connectivity index (χ0n) is 13.1. The van der Waals surface area contributed by atoms with Crippen LogP contribution in [-0.2, 0) is 5.41 Å². The summed E-state index contributed by atoms with van der Waals surface area (Å²) >= 11 is 0. The van der Waals surface area contributed by atoms with Crippen molar-refractivity contribution in [1.29, 1.82) is 0 Å². The van der Waals surface area contributed by atoms with E-state index in [4.69, 9.17) is 0 Å². The Bertz CT molecular complexity index is 410. The summed E-state index contributed by atoms with van der Waals surface area (Å²) in [5.41, 5.74) is 2.57. The minimum atomic E-state index is 0.478. The molecule has 1 aromatic carbocycles. The van der Waals surface area contributed by atoms with Crippen LogP contribution < -0.4 is 5.32 Å². The molecule has 3 aliphatic carbocycles. The van der Waals surface area contributed by atoms with Gasteiger partial charge in [-0.2, -0.15) is 0 Å². The van der Waals surface area contributed by atoms with Crippen molar-refractivity contribution in [3.05, 3.63) is 35.9 Å². The molecule has 0 atom stereocenters. The van der Waals surface area contributed by atoms with Crippen molar-refractivity contribution in [3.8, 4) is 0 Å². The van der Waals surface area contributed by atoms with Crippen LogP contribution in [0.5, 0.6) is 0 Å². The van der Waals surface area contributed by atoms with Crippen LogP contribution >= 0.6 is 0 Å². The topological polar surface area (TPSA) is 12.0 Å². The Morgan fingerprint density at radius 2 is 1.55 bits per heavy atom. The summed E-state index contributed by atoms with van der Waals surface area (Å²) in [5.74, 6) is 0.814. The molecule has 0 saturated heterocycles. The van der Waals surface area contributed by atoms with E-state index in [-0.39, 0.29) is 0 Å². The second-order valence-corrected chi connectivity index (χ2v) is 7.54. The molecule has 1 aromatic rings. The lowest BCUT2D eigenvalue weighted by Crippen LogP contribution is -2.56. The van der Waals surface area contributed by atoms with E-state index in [1.807, 2.05) is 0 Å². The van der Waals surface area contributed by atoms with Crippen LogP contribution in [0.3, 0.4) is 0 Å². The van der Waals surface area contributed by atoms with Crippen LogP contribution in [0.1, 0.15) is 64.4 Å². The Kier molecular flexibility index (Phi) is 3.90. The van der Waals surface area contributed by atoms with Crippen molar-refractivity contribution < 1.29 is 0 Å². The van der Waals surface area contributed by atoms with E-state index in [0.29, 0.717) is 11.0 Å². The maximum Gasteiger partial charge on any atom is 0.0182 e. The molecule has 0 unspecified atom stereocenters. The SMILES string of the molecule is CC(C)CCNC12CCC(c3ccccc3)(CC1)CC2. The van der Waals surface area contributed by atoms with Gasteiger partial charge in [0.05, 0.1) is 0 Å². The van der Waals surface area contributed by atoms with Crippen molar-refractivity contribution >= 4 is 0 Å². The lowest BCUT2D eigenvalue weighted by Gasteiger charge is -2.54. The Balaban J connectivity index is 1.63. The first-order chi connectivity index (χ1) is 9.64. The standard InChI is InChI=1S/C19H29N/c1-16(2)8-15-20-19-12-9-18(10-13-19,11-14-19)17-6-4-3-5-7-17/h3-7,16,20H,8-15H2,1-2H3. The maximum atomic E-state index is 3.92. The Hall–Kier alpha value is -0.820. The van der Waals surface area contributed by atoms with Crippen LogP contribution in [0.15, 0.2) is 30.3 Å². The second-order valence-electron chi connectivity index (χ2n) is 7.54. The van der Waals surface area contributed by atoms with E-state index in [1.165, 1.54) is 51.5 Å². The van der Waals surface area contributed by atoms with Gasteiger partial charge in [0.2, 0.25) is 0 Å². The number of fused-ring (bicyclic) bond motifs is 3. The van der Waals surface area contributed by atoms with E-state index in [1.54, 1.807) is 5.56 Å². The summed E-state index contributed by atoms with van der Waals surface area (Å²) in [6, 6.07) is 11.3. The van der Waals surface area contributed by atoms with Gasteiger partial charge in [-0.25, -0.2) is 0 Å². The molecular weight excluding hydrogens is 242 g/mol. The fraction of sp³-hybridized carbons (Fsp3) is 0.684. The Morgan fingerprint density at radius 3 is 2.10 bits per heavy atom. The van der Waals surface area contributed by atoms with Crippen LogP contribution in [-0.4, -0.2) is 12.1 Å². The molecule has 0 heterocycles. The van der Waals surface area contributed by atoms with Gasteiger partial charge in [-0.15, -0.1) is 0 Å². The van der Waals surface area contributed by atoms with Gasteiger partial charge in [0, 0.05) is 5.54 Å². The Morgan fingerprint density at radius 1 is 0.950 bits per heavy atom. The number of rotatable bonds is 5. The number of hydrogen-bond acceptors (Lipinski definition) is 1. The summed E-state index contributed by atoms with van der Waals surface area (Å²) in [6.07, 6.45) is 9.58. The third kappa shape index (κ3) is 2.65. The maximum absolute atomic E-state index is 3.92. The van der Waals surface area contributed by atoms with E-state index < -0.39 is 0 Å². The molecule has 4 rings (SSSR count). The normalized spacial score (nSPS) is 32.8. The monoisotopic (exact) mass is 271 g/mol. The van der Waals surface area contributed by atoms with Gasteiger partial charge in [0.25, 0.3) is 0 Å². The molecule has 3 saturated carbocycles. The summed E-state index contributed by atoms with van der Waals surface area (Å²) in [5, 5.41) is 3.92. The smallest absolute Gasteiger partial charge is 0.0182 e. The molecule has 2 bridgehead atoms. The summed E-state index contributed by atoms with van der Waals surface area (Å²) < 4.78 is 0. The minimum Gasteiger partial charge on any atom is -0.311 e. The quantitative estimate of drug-likeness (QED) is 0.821. The molecule has 0 radical (unpaired) electrons. The summed E-state index contributed by atoms with van der Waals surface area (Å²) in [7, 11) is 0. The van der Waals surface area contributed by atoms with Gasteiger partial charge in [-0.05, 0) is 68.4 Å². The molecule has 20 heavy (non-hydrogen) atoms. The molecular formula is C19H29N. The summed E-state index contributed by atoms with van der Waals surface area (Å²) in [4.78, 5) is 0. The van der Waals surface area contributed by atoms with Crippen molar-refractivity contribution in [1.82, 2.24) is 5.32 Å². The lowest BCUT2D eigenvalue weighted by atomic mass is 9.55. The highest BCUT2D eigenvalue weighted by atomic mass is 15.0. The summed E-state index contributed by atoms with van der Waals surface area (Å²) in [6.45, 7) is 5.85. The van der Waals surface area contributed by atoms with Gasteiger partial charge < -0.3 is 5.32 Å². The lowest BCUT2D eigenvalue weighted by molar-refractivity contribution is 0.0764. The van der Waals surface area contributed by atoms with Gasteiger partial charge >= 0.3 is 0 Å². The zero-order chi connectivity index (χ0) is 14.1. The average Bonchev–Trinajstić information content (AvgIpc) is 2.49. The predicted molar refractivity (Wildman–Crippen MR) is 86.0 cm³/mol. The predicted octanol–water partition coefficient (Wildman–Crippen LogP) is 4.67. The first kappa shape index (κ1) is 14.1. The van der Waals surface area contributed by atoms with Crippen LogP contribution in [0.2, 0.25) is 0 Å². The molecule has 1 N–H and O–H groups in total. The van der Waals surface area contributed by atoms with Crippen LogP contribution in [0.4, 0.5) is 0 Å². The van der Waals surface area contributed by atoms with E-state index in [2.05, 4.69) is 49.5 Å². The molecule has 3 fully saturated rings. The van der Waals surface area contributed by atoms with E-state index in [0.717, 1.165) is 5.92 Å². The minimum absolute atomic E-state index is 0.478. The van der Waals surface area contributed by atoms with Crippen molar-refractivity contribution in [3.63, 3.8) is 0 Å². The highest BCUT2D eigenvalue weighted by molar-refractivity contribution is 5.29. The number of benzene rings is 1. The average molecular weight is 271 g/mol. The molecule has 110 valence electrons. The molecule has 1 heteroatoms. The van der Waals surface area contributed by atoms with Crippen molar-refractivity contribution in [2.45, 2.75) is 69.7 Å². The first-order valence-corrected chi connectivity index (χ1v) is 8.45. The Labute approximate surface area is 124 Å². The molecule has 0 spiro atoms. The van der Waals surface area contributed by atoms with Gasteiger partial charge in [-0.1, -0.05) is 44.2 Å². The third-order valence-corrected chi connectivity index (χ3v) is 5.85. The fourth-order valence-electron chi connectivity index (χ4n) is 4.30. The van der Waals surface area contributed by atoms with Crippen molar-refractivity contribution in [2.24, 2.45) is 5.92 Å². The molecule has 0 amide bonds. The zero-order valence-corrected chi connectivity index (χ0v) is 13.1. The van der Waals surface area contributed by atoms with Gasteiger partial charge in [0.1, 0.15) is 0 Å². The van der Waals surface area contributed by atoms with E-state index >= 15 is 0 Å². The third-order valence-electron chi connectivity index (χ3n) is 5.85. The number of nitrogens with one attached hydrogen (secondary N) is 1. The second kappa shape index (κ2) is 5.52. The first-order valence-electron chi connectivity index (χ1n) is 8.45. The molecule has 1 nitrogen and oxygen atoms in total. The van der Waals surface area contributed by atoms with Gasteiger partial charge in [-0.3, -0.25) is 0 Å². The highest BCUT2D eigenvalue weighted by Gasteiger charge is 2.48.